The first-order valence-corrected chi connectivity index (χ1v) is 19.2. The number of benzene rings is 2. The van der Waals surface area contributed by atoms with Gasteiger partial charge in [0.15, 0.2) is 11.6 Å². The molecular formula is C44H60N4O10. The average Bonchev–Trinajstić information content (AvgIpc) is 3.82. The monoisotopic (exact) mass is 804 g/mol. The molecule has 0 fully saturated rings. The van der Waals surface area contributed by atoms with Crippen LogP contribution in [0, 0.1) is 0 Å². The van der Waals surface area contributed by atoms with E-state index in [1.165, 1.54) is 0 Å². The van der Waals surface area contributed by atoms with Gasteiger partial charge in [0.2, 0.25) is 0 Å². The summed E-state index contributed by atoms with van der Waals surface area (Å²) in [7, 11) is 3.93. The summed E-state index contributed by atoms with van der Waals surface area (Å²) < 4.78 is 15.3. The van der Waals surface area contributed by atoms with Crippen molar-refractivity contribution in [2.24, 2.45) is 14.1 Å². The van der Waals surface area contributed by atoms with E-state index >= 15 is 0 Å². The van der Waals surface area contributed by atoms with Gasteiger partial charge in [-0.25, -0.2) is 9.59 Å². The van der Waals surface area contributed by atoms with Crippen LogP contribution >= 0.6 is 0 Å². The molecule has 14 nitrogen and oxygen atoms in total. The van der Waals surface area contributed by atoms with Crippen molar-refractivity contribution in [1.29, 1.82) is 0 Å². The highest BCUT2D eigenvalue weighted by Crippen LogP contribution is 2.22. The summed E-state index contributed by atoms with van der Waals surface area (Å²) in [5.74, 6) is -1.35. The van der Waals surface area contributed by atoms with Crippen molar-refractivity contribution < 1.29 is 49.1 Å². The zero-order chi connectivity index (χ0) is 43.0. The van der Waals surface area contributed by atoms with Crippen molar-refractivity contribution in [3.63, 3.8) is 0 Å². The van der Waals surface area contributed by atoms with Crippen molar-refractivity contribution >= 4 is 23.5 Å². The third-order valence-corrected chi connectivity index (χ3v) is 8.20. The van der Waals surface area contributed by atoms with Gasteiger partial charge in [0.05, 0.1) is 11.1 Å². The van der Waals surface area contributed by atoms with Crippen LogP contribution in [-0.2, 0) is 36.5 Å². The molecule has 0 bridgehead atoms. The first kappa shape index (κ1) is 48.6. The predicted molar refractivity (Wildman–Crippen MR) is 223 cm³/mol. The highest BCUT2D eigenvalue weighted by Gasteiger charge is 2.16. The number of aliphatic hydroxyl groups is 2. The Kier molecular flexibility index (Phi) is 22.1. The molecule has 2 aromatic heterocycles. The van der Waals surface area contributed by atoms with Gasteiger partial charge < -0.3 is 49.7 Å². The lowest BCUT2D eigenvalue weighted by Crippen LogP contribution is -2.35. The van der Waals surface area contributed by atoms with Crippen LogP contribution in [-0.4, -0.2) is 104 Å². The van der Waals surface area contributed by atoms with Crippen LogP contribution in [0.4, 0.5) is 0 Å². The van der Waals surface area contributed by atoms with Crippen LogP contribution < -0.4 is 20.1 Å². The van der Waals surface area contributed by atoms with Crippen molar-refractivity contribution in [3.05, 3.63) is 120 Å². The minimum absolute atomic E-state index is 0.0502. The largest absolute Gasteiger partial charge is 0.490 e. The van der Waals surface area contributed by atoms with Gasteiger partial charge in [-0.3, -0.25) is 9.59 Å². The van der Waals surface area contributed by atoms with Crippen molar-refractivity contribution in [1.82, 2.24) is 19.8 Å². The Morgan fingerprint density at radius 3 is 1.29 bits per heavy atom. The molecule has 0 radical (unpaired) electrons. The van der Waals surface area contributed by atoms with Crippen LogP contribution in [0.2, 0.25) is 0 Å². The van der Waals surface area contributed by atoms with E-state index in [-0.39, 0.29) is 24.8 Å². The van der Waals surface area contributed by atoms with Crippen LogP contribution in [0.1, 0.15) is 72.4 Å². The number of nitrogens with one attached hydrogen (secondary N) is 2. The number of carboxylic acid groups (broad SMARTS) is 2. The minimum atomic E-state index is -1.26. The molecule has 0 spiro atoms. The van der Waals surface area contributed by atoms with Gasteiger partial charge in [-0.15, -0.1) is 0 Å². The SMILES string of the molecule is CC(C)NCC(O)COc1ccccc1C(=O)CCc1ccn(C)c1.CC(C)NCC(O)COc1ccccc1C(=O)CCc1ccn(C)c1.O=C(O)/C=C/C(=O)O. The fourth-order valence-corrected chi connectivity index (χ4v) is 5.22. The van der Waals surface area contributed by atoms with Gasteiger partial charge in [0.1, 0.15) is 36.9 Å². The molecular weight excluding hydrogens is 745 g/mol. The maximum Gasteiger partial charge on any atom is 0.328 e. The fourth-order valence-electron chi connectivity index (χ4n) is 5.22. The number of aliphatic carboxylic acids is 2. The molecule has 58 heavy (non-hydrogen) atoms. The molecule has 4 aromatic rings. The number of hydrogen-bond donors (Lipinski definition) is 6. The van der Waals surface area contributed by atoms with Gasteiger partial charge in [-0.05, 0) is 60.4 Å². The van der Waals surface area contributed by atoms with E-state index in [2.05, 4.69) is 10.6 Å². The normalized spacial score (nSPS) is 12.0. The molecule has 2 heterocycles. The molecule has 316 valence electrons. The first-order chi connectivity index (χ1) is 27.5. The van der Waals surface area contributed by atoms with Crippen LogP contribution in [0.25, 0.3) is 0 Å². The van der Waals surface area contributed by atoms with Gasteiger partial charge >= 0.3 is 11.9 Å². The standard InChI is InChI=1S/2C20H28N2O3.C4H4O4/c2*1-15(2)21-12-17(23)14-25-20-7-5-4-6-18(20)19(24)9-8-16-10-11-22(3)13-16;5-3(6)1-2-4(7)8/h2*4-7,10-11,13,15,17,21,23H,8-9,12,14H2,1-3H3;1-2H,(H,5,6)(H,7,8)/b;;2-1+. The molecule has 0 saturated heterocycles. The van der Waals surface area contributed by atoms with Crippen LogP contribution in [0.3, 0.4) is 0 Å². The second-order valence-electron chi connectivity index (χ2n) is 14.3. The molecule has 2 aromatic carbocycles. The number of carbonyl (C=O) groups is 4. The number of ketones is 2. The molecule has 0 amide bonds. The number of Topliss-reactive ketones (excluding diaryl/α,β-unsaturated/α-hetero) is 2. The van der Waals surface area contributed by atoms with Crippen molar-refractivity contribution in [3.8, 4) is 11.5 Å². The lowest BCUT2D eigenvalue weighted by Gasteiger charge is -2.16. The predicted octanol–water partition coefficient (Wildman–Crippen LogP) is 4.87. The molecule has 0 aliphatic carbocycles. The van der Waals surface area contributed by atoms with Crippen LogP contribution in [0.5, 0.6) is 11.5 Å². The Hall–Kier alpha value is -5.54. The summed E-state index contributed by atoms with van der Waals surface area (Å²) in [6, 6.07) is 19.1. The average molecular weight is 805 g/mol. The highest BCUT2D eigenvalue weighted by atomic mass is 16.5. The number of rotatable bonds is 22. The lowest BCUT2D eigenvalue weighted by atomic mass is 10.0. The number of aromatic nitrogens is 2. The van der Waals surface area contributed by atoms with Gasteiger partial charge in [-0.2, -0.15) is 0 Å². The zero-order valence-corrected chi connectivity index (χ0v) is 34.3. The number of aryl methyl sites for hydroxylation is 4. The first-order valence-electron chi connectivity index (χ1n) is 19.2. The Bertz CT molecular complexity index is 1750. The molecule has 0 aliphatic rings. The molecule has 2 unspecified atom stereocenters. The molecule has 0 aliphatic heterocycles. The van der Waals surface area contributed by atoms with E-state index < -0.39 is 24.1 Å². The second-order valence-corrected chi connectivity index (χ2v) is 14.3. The quantitative estimate of drug-likeness (QED) is 0.0466. The van der Waals surface area contributed by atoms with E-state index in [1.54, 1.807) is 24.3 Å². The van der Waals surface area contributed by atoms with Crippen LogP contribution in [0.15, 0.2) is 97.6 Å². The Labute approximate surface area is 341 Å². The second kappa shape index (κ2) is 26.4. The maximum atomic E-state index is 12.5. The van der Waals surface area contributed by atoms with E-state index in [4.69, 9.17) is 19.7 Å². The molecule has 6 N–H and O–H groups in total. The Balaban J connectivity index is 0.000000337. The smallest absolute Gasteiger partial charge is 0.328 e. The molecule has 0 saturated carbocycles. The number of hydrogen-bond acceptors (Lipinski definition) is 10. The Morgan fingerprint density at radius 1 is 0.621 bits per heavy atom. The minimum Gasteiger partial charge on any atom is -0.490 e. The fraction of sp³-hybridized carbons (Fsp3) is 0.409. The third kappa shape index (κ3) is 20.6. The number of para-hydroxylation sites is 2. The highest BCUT2D eigenvalue weighted by molar-refractivity contribution is 5.99. The van der Waals surface area contributed by atoms with Gasteiger partial charge in [0, 0.05) is 89.0 Å². The van der Waals surface area contributed by atoms with E-state index in [1.807, 2.05) is 112 Å². The third-order valence-electron chi connectivity index (χ3n) is 8.20. The van der Waals surface area contributed by atoms with Crippen molar-refractivity contribution in [2.45, 2.75) is 77.7 Å². The maximum absolute atomic E-state index is 12.5. The lowest BCUT2D eigenvalue weighted by molar-refractivity contribution is -0.134. The van der Waals surface area contributed by atoms with Crippen molar-refractivity contribution in [2.75, 3.05) is 26.3 Å². The number of nitrogens with zero attached hydrogens (tertiary/aromatic N) is 2. The number of carboxylic acids is 2. The molecule has 14 heteroatoms. The molecule has 2 atom stereocenters. The number of ether oxygens (including phenoxy) is 2. The van der Waals surface area contributed by atoms with Gasteiger partial charge in [0.25, 0.3) is 0 Å². The topological polar surface area (TPSA) is 202 Å². The van der Waals surface area contributed by atoms with E-state index in [0.717, 1.165) is 11.1 Å². The van der Waals surface area contributed by atoms with E-state index in [9.17, 15) is 29.4 Å². The summed E-state index contributed by atoms with van der Waals surface area (Å²) in [6.07, 6.45) is 10.1. The summed E-state index contributed by atoms with van der Waals surface area (Å²) in [5.41, 5.74) is 3.43. The van der Waals surface area contributed by atoms with E-state index in [0.29, 0.717) is 85.6 Å². The number of aliphatic hydroxyl groups excluding tert-OH is 2. The Morgan fingerprint density at radius 2 is 0.983 bits per heavy atom. The number of carbonyl (C=O) groups excluding carboxylic acids is 2. The molecule has 4 rings (SSSR count). The zero-order valence-electron chi connectivity index (χ0n) is 34.3. The summed E-state index contributed by atoms with van der Waals surface area (Å²) in [6.45, 7) is 9.32. The summed E-state index contributed by atoms with van der Waals surface area (Å²) in [4.78, 5) is 44.2. The summed E-state index contributed by atoms with van der Waals surface area (Å²) in [5, 5.41) is 41.9. The van der Waals surface area contributed by atoms with Gasteiger partial charge in [-0.1, -0.05) is 52.0 Å². The summed E-state index contributed by atoms with van der Waals surface area (Å²) >= 11 is 0.